The van der Waals surface area contributed by atoms with Crippen molar-refractivity contribution >= 4 is 29.1 Å². The molecule has 1 atom stereocenters. The van der Waals surface area contributed by atoms with Crippen molar-refractivity contribution in [3.05, 3.63) is 71.0 Å². The Morgan fingerprint density at radius 3 is 2.85 bits per heavy atom. The number of likely N-dealkylation sites (N-methyl/N-ethyl adjacent to an activating group) is 2. The Morgan fingerprint density at radius 2 is 2.09 bits per heavy atom. The van der Waals surface area contributed by atoms with Crippen molar-refractivity contribution in [2.45, 2.75) is 31.8 Å². The first kappa shape index (κ1) is 22.7. The number of allylic oxidation sites excluding steroid dienone is 5. The molecule has 172 valence electrons. The quantitative estimate of drug-likeness (QED) is 0.306. The second-order valence-electron chi connectivity index (χ2n) is 8.61. The van der Waals surface area contributed by atoms with Crippen LogP contribution in [0.2, 0.25) is 0 Å². The highest BCUT2D eigenvalue weighted by molar-refractivity contribution is 5.97. The van der Waals surface area contributed by atoms with Crippen LogP contribution in [0, 0.1) is 0 Å². The SMILES string of the molecule is CN1Cc2c(c3ccccc3n2CC2=CCCC(/C=C/C(=O)NO)=C2)C(C(=O)N(C)C=O)C1. The monoisotopic (exact) mass is 448 g/mol. The van der Waals surface area contributed by atoms with E-state index in [9.17, 15) is 14.4 Å². The molecule has 2 aromatic rings. The van der Waals surface area contributed by atoms with Gasteiger partial charge in [-0.15, -0.1) is 0 Å². The largest absolute Gasteiger partial charge is 0.339 e. The minimum absolute atomic E-state index is 0.202. The molecule has 1 aliphatic carbocycles. The molecule has 0 fully saturated rings. The van der Waals surface area contributed by atoms with Gasteiger partial charge in [-0.05, 0) is 42.7 Å². The molecule has 0 saturated carbocycles. The van der Waals surface area contributed by atoms with Crippen LogP contribution in [-0.4, -0.2) is 58.4 Å². The Balaban J connectivity index is 1.75. The molecular weight excluding hydrogens is 420 g/mol. The lowest BCUT2D eigenvalue weighted by Crippen LogP contribution is -2.40. The fourth-order valence-corrected chi connectivity index (χ4v) is 4.78. The van der Waals surface area contributed by atoms with Crippen molar-refractivity contribution in [3.63, 3.8) is 0 Å². The average molecular weight is 449 g/mol. The first-order chi connectivity index (χ1) is 15.9. The lowest BCUT2D eigenvalue weighted by molar-refractivity contribution is -0.138. The van der Waals surface area contributed by atoms with E-state index in [2.05, 4.69) is 27.7 Å². The zero-order valence-corrected chi connectivity index (χ0v) is 18.8. The highest BCUT2D eigenvalue weighted by Gasteiger charge is 2.35. The molecule has 0 bridgehead atoms. The number of fused-ring (bicyclic) bond motifs is 3. The van der Waals surface area contributed by atoms with Crippen LogP contribution in [0.5, 0.6) is 0 Å². The number of carbonyl (C=O) groups excluding carboxylic acids is 3. The van der Waals surface area contributed by atoms with Gasteiger partial charge in [0.15, 0.2) is 0 Å². The second kappa shape index (κ2) is 9.56. The van der Waals surface area contributed by atoms with Crippen LogP contribution in [0.3, 0.4) is 0 Å². The van der Waals surface area contributed by atoms with Crippen LogP contribution in [0.4, 0.5) is 0 Å². The number of rotatable bonds is 6. The number of nitrogens with one attached hydrogen (secondary N) is 1. The number of carbonyl (C=O) groups is 3. The predicted molar refractivity (Wildman–Crippen MR) is 124 cm³/mol. The molecule has 1 aromatic carbocycles. The number of amides is 3. The smallest absolute Gasteiger partial charge is 0.267 e. The Kier molecular flexibility index (Phi) is 6.57. The van der Waals surface area contributed by atoms with E-state index in [0.29, 0.717) is 26.0 Å². The Labute approximate surface area is 192 Å². The molecule has 1 unspecified atom stereocenters. The lowest BCUT2D eigenvalue weighted by Gasteiger charge is -2.32. The number of nitrogens with zero attached hydrogens (tertiary/aromatic N) is 3. The maximum absolute atomic E-state index is 13.1. The summed E-state index contributed by atoms with van der Waals surface area (Å²) in [5, 5.41) is 9.74. The fourth-order valence-electron chi connectivity index (χ4n) is 4.78. The molecule has 2 aliphatic rings. The number of benzene rings is 1. The minimum Gasteiger partial charge on any atom is -0.339 e. The zero-order valence-electron chi connectivity index (χ0n) is 18.8. The number of imide groups is 1. The molecule has 0 radical (unpaired) electrons. The maximum Gasteiger partial charge on any atom is 0.267 e. The van der Waals surface area contributed by atoms with Crippen molar-refractivity contribution in [1.82, 2.24) is 19.8 Å². The minimum atomic E-state index is -0.559. The van der Waals surface area contributed by atoms with Crippen molar-refractivity contribution < 1.29 is 19.6 Å². The number of aromatic nitrogens is 1. The first-order valence-electron chi connectivity index (χ1n) is 10.9. The van der Waals surface area contributed by atoms with Crippen LogP contribution in [0.15, 0.2) is 59.7 Å². The Morgan fingerprint density at radius 1 is 1.30 bits per heavy atom. The van der Waals surface area contributed by atoms with E-state index >= 15 is 0 Å². The van der Waals surface area contributed by atoms with Crippen LogP contribution < -0.4 is 5.48 Å². The van der Waals surface area contributed by atoms with E-state index in [1.54, 1.807) is 11.6 Å². The molecule has 2 N–H and O–H groups in total. The van der Waals surface area contributed by atoms with Crippen molar-refractivity contribution in [3.8, 4) is 0 Å². The van der Waals surface area contributed by atoms with Gasteiger partial charge in [0.05, 0.1) is 5.92 Å². The van der Waals surface area contributed by atoms with Crippen LogP contribution >= 0.6 is 0 Å². The van der Waals surface area contributed by atoms with Gasteiger partial charge < -0.3 is 4.57 Å². The summed E-state index contributed by atoms with van der Waals surface area (Å²) in [5.74, 6) is -1.17. The Bertz CT molecular complexity index is 1190. The normalized spacial score (nSPS) is 18.6. The molecule has 0 spiro atoms. The molecule has 8 nitrogen and oxygen atoms in total. The summed E-state index contributed by atoms with van der Waals surface area (Å²) in [4.78, 5) is 38.9. The predicted octanol–water partition coefficient (Wildman–Crippen LogP) is 2.49. The van der Waals surface area contributed by atoms with Gasteiger partial charge in [-0.1, -0.05) is 36.4 Å². The van der Waals surface area contributed by atoms with E-state index < -0.39 is 11.8 Å². The summed E-state index contributed by atoms with van der Waals surface area (Å²) < 4.78 is 2.26. The van der Waals surface area contributed by atoms with Gasteiger partial charge in [-0.25, -0.2) is 5.48 Å². The number of para-hydroxylation sites is 1. The van der Waals surface area contributed by atoms with Crippen molar-refractivity contribution in [2.24, 2.45) is 0 Å². The van der Waals surface area contributed by atoms with Crippen LogP contribution in [0.1, 0.15) is 30.0 Å². The summed E-state index contributed by atoms with van der Waals surface area (Å²) in [6, 6.07) is 8.09. The fraction of sp³-hybridized carbons (Fsp3) is 0.320. The summed E-state index contributed by atoms with van der Waals surface area (Å²) in [6.45, 7) is 1.90. The summed E-state index contributed by atoms with van der Waals surface area (Å²) in [7, 11) is 3.49. The van der Waals surface area contributed by atoms with Gasteiger partial charge in [0.2, 0.25) is 12.3 Å². The van der Waals surface area contributed by atoms with E-state index in [1.807, 2.05) is 25.2 Å². The third-order valence-corrected chi connectivity index (χ3v) is 6.30. The van der Waals surface area contributed by atoms with Crippen molar-refractivity contribution in [1.29, 1.82) is 0 Å². The van der Waals surface area contributed by atoms with Gasteiger partial charge >= 0.3 is 0 Å². The lowest BCUT2D eigenvalue weighted by atomic mass is 9.91. The highest BCUT2D eigenvalue weighted by Crippen LogP contribution is 2.38. The molecule has 2 heterocycles. The van der Waals surface area contributed by atoms with Crippen LogP contribution in [-0.2, 0) is 27.5 Å². The zero-order chi connectivity index (χ0) is 23.5. The summed E-state index contributed by atoms with van der Waals surface area (Å²) in [6.07, 6.45) is 9.55. The molecule has 8 heteroatoms. The van der Waals surface area contributed by atoms with Crippen molar-refractivity contribution in [2.75, 3.05) is 20.6 Å². The number of hydroxylamine groups is 1. The Hall–Kier alpha value is -3.49. The van der Waals surface area contributed by atoms with Gasteiger partial charge in [0, 0.05) is 49.4 Å². The topological polar surface area (TPSA) is 94.9 Å². The molecule has 33 heavy (non-hydrogen) atoms. The van der Waals surface area contributed by atoms with Gasteiger partial charge in [-0.3, -0.25) is 29.4 Å². The van der Waals surface area contributed by atoms with E-state index in [1.165, 1.54) is 13.1 Å². The van der Waals surface area contributed by atoms with Gasteiger partial charge in [0.1, 0.15) is 0 Å². The van der Waals surface area contributed by atoms with Gasteiger partial charge in [0.25, 0.3) is 5.91 Å². The number of hydrogen-bond acceptors (Lipinski definition) is 5. The standard InChI is InChI=1S/C25H28N4O4/c1-27-14-20(25(32)28(2)16-30)24-19-8-3-4-9-21(19)29(22(24)15-27)13-18-7-5-6-17(12-18)10-11-23(31)26-33/h3-4,7-12,16,20,33H,5-6,13-15H2,1-2H3,(H,26,31)/b11-10+. The maximum atomic E-state index is 13.1. The third-order valence-electron chi connectivity index (χ3n) is 6.30. The molecule has 4 rings (SSSR count). The third kappa shape index (κ3) is 4.53. The average Bonchev–Trinajstić information content (AvgIpc) is 3.14. The van der Waals surface area contributed by atoms with E-state index in [0.717, 1.165) is 51.0 Å². The molecule has 1 aromatic heterocycles. The molecule has 0 saturated heterocycles. The van der Waals surface area contributed by atoms with Gasteiger partial charge in [-0.2, -0.15) is 0 Å². The molecular formula is C25H28N4O4. The molecule has 3 amide bonds. The van der Waals surface area contributed by atoms with E-state index in [4.69, 9.17) is 5.21 Å². The summed E-state index contributed by atoms with van der Waals surface area (Å²) in [5.41, 5.74) is 6.88. The highest BCUT2D eigenvalue weighted by atomic mass is 16.5. The number of hydrogen-bond donors (Lipinski definition) is 2. The summed E-state index contributed by atoms with van der Waals surface area (Å²) >= 11 is 0. The second-order valence-corrected chi connectivity index (χ2v) is 8.61. The van der Waals surface area contributed by atoms with E-state index in [-0.39, 0.29) is 5.91 Å². The molecule has 1 aliphatic heterocycles. The van der Waals surface area contributed by atoms with Crippen LogP contribution in [0.25, 0.3) is 10.9 Å². The first-order valence-corrected chi connectivity index (χ1v) is 10.9.